The zero-order valence-corrected chi connectivity index (χ0v) is 13.7. The van der Waals surface area contributed by atoms with Gasteiger partial charge in [-0.2, -0.15) is 4.31 Å². The van der Waals surface area contributed by atoms with E-state index in [1.807, 2.05) is 17.5 Å². The Hall–Kier alpha value is -1.90. The molecule has 22 heavy (non-hydrogen) atoms. The molecule has 2 aromatic rings. The maximum atomic E-state index is 12.8. The number of hydrogen-bond acceptors (Lipinski definition) is 4. The van der Waals surface area contributed by atoms with Gasteiger partial charge in [0, 0.05) is 31.2 Å². The molecule has 118 valence electrons. The zero-order chi connectivity index (χ0) is 16.3. The molecule has 0 aliphatic rings. The third kappa shape index (κ3) is 3.29. The number of hydrogen-bond donors (Lipinski definition) is 1. The number of carbonyl (C=O) groups is 1. The Labute approximate surface area is 133 Å². The Kier molecular flexibility index (Phi) is 4.84. The van der Waals surface area contributed by atoms with Crippen LogP contribution in [0.1, 0.15) is 15.4 Å². The summed E-state index contributed by atoms with van der Waals surface area (Å²) in [7, 11) is -2.15. The fraction of sp³-hybridized carbons (Fsp3) is 0.214. The summed E-state index contributed by atoms with van der Waals surface area (Å²) < 4.78 is 28.2. The van der Waals surface area contributed by atoms with Crippen molar-refractivity contribution in [2.24, 2.45) is 12.8 Å². The van der Waals surface area contributed by atoms with Gasteiger partial charge in [0.25, 0.3) is 5.91 Å². The van der Waals surface area contributed by atoms with Crippen LogP contribution >= 0.6 is 11.3 Å². The number of aryl methyl sites for hydroxylation is 1. The average molecular weight is 339 g/mol. The molecule has 0 saturated heterocycles. The Balaban J connectivity index is 2.38. The van der Waals surface area contributed by atoms with Gasteiger partial charge in [0.15, 0.2) is 0 Å². The number of nitrogens with two attached hydrogens (primary N) is 1. The van der Waals surface area contributed by atoms with Gasteiger partial charge in [-0.3, -0.25) is 4.79 Å². The smallest absolute Gasteiger partial charge is 0.265 e. The van der Waals surface area contributed by atoms with E-state index in [0.29, 0.717) is 0 Å². The normalized spacial score (nSPS) is 11.7. The second kappa shape index (κ2) is 6.47. The minimum Gasteiger partial charge on any atom is -0.364 e. The molecule has 2 aromatic heterocycles. The molecule has 0 bridgehead atoms. The van der Waals surface area contributed by atoms with Gasteiger partial charge >= 0.3 is 0 Å². The summed E-state index contributed by atoms with van der Waals surface area (Å²) in [4.78, 5) is 12.3. The van der Waals surface area contributed by atoms with E-state index in [-0.39, 0.29) is 23.7 Å². The molecule has 0 radical (unpaired) electrons. The molecule has 2 rings (SSSR count). The lowest BCUT2D eigenvalue weighted by molar-refractivity contribution is 0.0992. The van der Waals surface area contributed by atoms with Crippen LogP contribution in [0.4, 0.5) is 0 Å². The average Bonchev–Trinajstić information content (AvgIpc) is 3.07. The van der Waals surface area contributed by atoms with Gasteiger partial charge in [0.2, 0.25) is 10.0 Å². The van der Waals surface area contributed by atoms with E-state index >= 15 is 0 Å². The molecule has 0 atom stereocenters. The molecule has 1 amide bonds. The van der Waals surface area contributed by atoms with E-state index in [1.54, 1.807) is 7.05 Å². The van der Waals surface area contributed by atoms with Crippen molar-refractivity contribution in [3.8, 4) is 0 Å². The third-order valence-electron chi connectivity index (χ3n) is 3.12. The van der Waals surface area contributed by atoms with E-state index in [2.05, 4.69) is 6.58 Å². The number of primary amides is 1. The first-order valence-electron chi connectivity index (χ1n) is 6.46. The molecular weight excluding hydrogens is 322 g/mol. The van der Waals surface area contributed by atoms with Gasteiger partial charge in [-0.1, -0.05) is 12.1 Å². The predicted molar refractivity (Wildman–Crippen MR) is 86.0 cm³/mol. The van der Waals surface area contributed by atoms with Crippen LogP contribution in [0.2, 0.25) is 0 Å². The molecule has 2 N–H and O–H groups in total. The van der Waals surface area contributed by atoms with Crippen LogP contribution < -0.4 is 5.73 Å². The monoisotopic (exact) mass is 339 g/mol. The molecule has 0 spiro atoms. The molecular formula is C14H17N3O3S2. The highest BCUT2D eigenvalue weighted by Gasteiger charge is 2.26. The van der Waals surface area contributed by atoms with Crippen molar-refractivity contribution in [2.45, 2.75) is 11.4 Å². The Morgan fingerprint density at radius 2 is 2.27 bits per heavy atom. The highest BCUT2D eigenvalue weighted by molar-refractivity contribution is 7.89. The maximum Gasteiger partial charge on any atom is 0.265 e. The quantitative estimate of drug-likeness (QED) is 0.777. The van der Waals surface area contributed by atoms with E-state index in [0.717, 1.165) is 4.88 Å². The van der Waals surface area contributed by atoms with E-state index in [4.69, 9.17) is 5.73 Å². The van der Waals surface area contributed by atoms with Crippen molar-refractivity contribution >= 4 is 27.3 Å². The molecule has 6 nitrogen and oxygen atoms in total. The van der Waals surface area contributed by atoms with E-state index in [9.17, 15) is 13.2 Å². The SMILES string of the molecule is C=CCN(Cc1cccs1)S(=O)(=O)c1cc(C(N)=O)n(C)c1. The van der Waals surface area contributed by atoms with Crippen molar-refractivity contribution in [2.75, 3.05) is 6.54 Å². The molecule has 0 aliphatic carbocycles. The van der Waals surface area contributed by atoms with Gasteiger partial charge in [-0.05, 0) is 17.5 Å². The summed E-state index contributed by atoms with van der Waals surface area (Å²) in [6, 6.07) is 5.03. The molecule has 0 aliphatic heterocycles. The summed E-state index contributed by atoms with van der Waals surface area (Å²) >= 11 is 1.48. The lowest BCUT2D eigenvalue weighted by Gasteiger charge is -2.19. The molecule has 8 heteroatoms. The summed E-state index contributed by atoms with van der Waals surface area (Å²) in [5, 5.41) is 1.89. The number of carbonyl (C=O) groups excluding carboxylic acids is 1. The van der Waals surface area contributed by atoms with Crippen LogP contribution in [0.3, 0.4) is 0 Å². The summed E-state index contributed by atoms with van der Waals surface area (Å²) in [5.41, 5.74) is 5.38. The van der Waals surface area contributed by atoms with Crippen molar-refractivity contribution in [3.63, 3.8) is 0 Å². The van der Waals surface area contributed by atoms with Crippen LogP contribution in [-0.2, 0) is 23.6 Å². The Bertz CT molecular complexity index is 776. The molecule has 0 fully saturated rings. The summed E-state index contributed by atoms with van der Waals surface area (Å²) in [5.74, 6) is -0.669. The third-order valence-corrected chi connectivity index (χ3v) is 5.75. The molecule has 0 aromatic carbocycles. The van der Waals surface area contributed by atoms with E-state index < -0.39 is 15.9 Å². The summed E-state index contributed by atoms with van der Waals surface area (Å²) in [6.45, 7) is 4.04. The summed E-state index contributed by atoms with van der Waals surface area (Å²) in [6.07, 6.45) is 2.92. The zero-order valence-electron chi connectivity index (χ0n) is 12.1. The number of aromatic nitrogens is 1. The fourth-order valence-corrected chi connectivity index (χ4v) is 4.30. The molecule has 0 unspecified atom stereocenters. The predicted octanol–water partition coefficient (Wildman–Crippen LogP) is 1.56. The number of amides is 1. The first-order valence-corrected chi connectivity index (χ1v) is 8.78. The molecule has 0 saturated carbocycles. The molecule has 2 heterocycles. The number of sulfonamides is 1. The lowest BCUT2D eigenvalue weighted by atomic mass is 10.4. The van der Waals surface area contributed by atoms with Crippen LogP contribution in [-0.4, -0.2) is 29.7 Å². The minimum absolute atomic E-state index is 0.0437. The second-order valence-corrected chi connectivity index (χ2v) is 7.67. The maximum absolute atomic E-state index is 12.8. The van der Waals surface area contributed by atoms with Gasteiger partial charge in [0.1, 0.15) is 10.6 Å². The first-order chi connectivity index (χ1) is 10.4. The lowest BCUT2D eigenvalue weighted by Crippen LogP contribution is -2.30. The van der Waals surface area contributed by atoms with Crippen molar-refractivity contribution in [1.29, 1.82) is 0 Å². The van der Waals surface area contributed by atoms with Crippen LogP contribution in [0.25, 0.3) is 0 Å². The second-order valence-electron chi connectivity index (χ2n) is 4.70. The Morgan fingerprint density at radius 3 is 2.77 bits per heavy atom. The number of thiophene rings is 1. The standard InChI is InChI=1S/C14H17N3O3S2/c1-3-6-17(9-11-5-4-7-21-11)22(19,20)12-8-13(14(15)18)16(2)10-12/h3-5,7-8,10H,1,6,9H2,2H3,(H2,15,18). The van der Waals surface area contributed by atoms with Gasteiger partial charge in [-0.25, -0.2) is 8.42 Å². The fourth-order valence-electron chi connectivity index (χ4n) is 2.04. The van der Waals surface area contributed by atoms with Gasteiger partial charge in [-0.15, -0.1) is 17.9 Å². The topological polar surface area (TPSA) is 85.4 Å². The highest BCUT2D eigenvalue weighted by atomic mass is 32.2. The van der Waals surface area contributed by atoms with Crippen LogP contribution in [0.15, 0.2) is 47.3 Å². The Morgan fingerprint density at radius 1 is 1.55 bits per heavy atom. The van der Waals surface area contributed by atoms with E-state index in [1.165, 1.54) is 38.5 Å². The van der Waals surface area contributed by atoms with Crippen LogP contribution in [0, 0.1) is 0 Å². The van der Waals surface area contributed by atoms with Crippen molar-refractivity contribution in [3.05, 3.63) is 53.0 Å². The van der Waals surface area contributed by atoms with Crippen molar-refractivity contribution < 1.29 is 13.2 Å². The number of nitrogens with zero attached hydrogens (tertiary/aromatic N) is 2. The first kappa shape index (κ1) is 16.5. The minimum atomic E-state index is -3.73. The highest BCUT2D eigenvalue weighted by Crippen LogP contribution is 2.22. The number of rotatable bonds is 7. The van der Waals surface area contributed by atoms with Gasteiger partial charge < -0.3 is 10.3 Å². The van der Waals surface area contributed by atoms with Crippen molar-refractivity contribution in [1.82, 2.24) is 8.87 Å². The largest absolute Gasteiger partial charge is 0.364 e. The van der Waals surface area contributed by atoms with Gasteiger partial charge in [0.05, 0.1) is 0 Å². The van der Waals surface area contributed by atoms with Crippen LogP contribution in [0.5, 0.6) is 0 Å².